The van der Waals surface area contributed by atoms with Gasteiger partial charge < -0.3 is 9.84 Å². The predicted molar refractivity (Wildman–Crippen MR) is 102 cm³/mol. The lowest BCUT2D eigenvalue weighted by Gasteiger charge is -2.01. The molecule has 2 aromatic carbocycles. The third-order valence-corrected chi connectivity index (χ3v) is 4.13. The molecule has 1 N–H and O–H groups in total. The van der Waals surface area contributed by atoms with E-state index in [1.165, 1.54) is 6.07 Å². The molecule has 0 unspecified atom stereocenters. The minimum atomic E-state index is -0.413. The Labute approximate surface area is 160 Å². The SMILES string of the molecule is N#Cc1ccccc1-c1cc(C(=O)Nc2cnn(Cc3ccccc3)c2)no1. The number of carbonyl (C=O) groups is 1. The maximum Gasteiger partial charge on any atom is 0.277 e. The zero-order chi connectivity index (χ0) is 19.3. The zero-order valence-electron chi connectivity index (χ0n) is 14.7. The molecule has 0 radical (unpaired) electrons. The topological polar surface area (TPSA) is 96.7 Å². The highest BCUT2D eigenvalue weighted by molar-refractivity contribution is 6.03. The fourth-order valence-electron chi connectivity index (χ4n) is 2.78. The van der Waals surface area contributed by atoms with E-state index in [0.29, 0.717) is 29.1 Å². The number of anilines is 1. The number of hydrogen-bond donors (Lipinski definition) is 1. The molecule has 0 aliphatic carbocycles. The minimum Gasteiger partial charge on any atom is -0.355 e. The molecule has 2 heterocycles. The second-order valence-corrected chi connectivity index (χ2v) is 6.10. The third-order valence-electron chi connectivity index (χ3n) is 4.13. The van der Waals surface area contributed by atoms with Crippen molar-refractivity contribution in [1.82, 2.24) is 14.9 Å². The van der Waals surface area contributed by atoms with Gasteiger partial charge >= 0.3 is 0 Å². The van der Waals surface area contributed by atoms with E-state index in [0.717, 1.165) is 5.56 Å². The Bertz CT molecular complexity index is 1150. The van der Waals surface area contributed by atoms with Crippen LogP contribution in [0.3, 0.4) is 0 Å². The Kier molecular flexibility index (Phi) is 4.68. The molecule has 2 aromatic heterocycles. The average molecular weight is 369 g/mol. The first-order chi connectivity index (χ1) is 13.7. The lowest BCUT2D eigenvalue weighted by atomic mass is 10.1. The molecule has 0 bridgehead atoms. The Balaban J connectivity index is 1.46. The van der Waals surface area contributed by atoms with Gasteiger partial charge in [-0.3, -0.25) is 9.48 Å². The Morgan fingerprint density at radius 2 is 1.93 bits per heavy atom. The molecule has 0 spiro atoms. The van der Waals surface area contributed by atoms with Gasteiger partial charge in [-0.2, -0.15) is 10.4 Å². The van der Waals surface area contributed by atoms with Crippen molar-refractivity contribution in [3.63, 3.8) is 0 Å². The molecule has 136 valence electrons. The van der Waals surface area contributed by atoms with Gasteiger partial charge in [0.1, 0.15) is 0 Å². The predicted octanol–water partition coefficient (Wildman–Crippen LogP) is 3.71. The summed E-state index contributed by atoms with van der Waals surface area (Å²) in [5, 5.41) is 20.0. The number of rotatable bonds is 5. The minimum absolute atomic E-state index is 0.124. The van der Waals surface area contributed by atoms with Crippen LogP contribution in [0.15, 0.2) is 77.6 Å². The highest BCUT2D eigenvalue weighted by Crippen LogP contribution is 2.24. The standard InChI is InChI=1S/C21H15N5O2/c22-11-16-8-4-5-9-18(16)20-10-19(25-28-20)21(27)24-17-12-23-26(14-17)13-15-6-2-1-3-7-15/h1-10,12,14H,13H2,(H,24,27). The average Bonchev–Trinajstić information content (AvgIpc) is 3.38. The van der Waals surface area contributed by atoms with Gasteiger partial charge in [-0.15, -0.1) is 0 Å². The molecule has 0 saturated carbocycles. The Hall–Kier alpha value is -4.18. The summed E-state index contributed by atoms with van der Waals surface area (Å²) in [6, 6.07) is 20.5. The number of benzene rings is 2. The van der Waals surface area contributed by atoms with Crippen LogP contribution in [-0.2, 0) is 6.54 Å². The van der Waals surface area contributed by atoms with Crippen molar-refractivity contribution in [3.05, 3.63) is 89.9 Å². The summed E-state index contributed by atoms with van der Waals surface area (Å²) in [4.78, 5) is 12.4. The maximum absolute atomic E-state index is 12.4. The van der Waals surface area contributed by atoms with Crippen molar-refractivity contribution in [1.29, 1.82) is 5.26 Å². The number of nitrogens with zero attached hydrogens (tertiary/aromatic N) is 4. The molecule has 1 amide bonds. The first-order valence-corrected chi connectivity index (χ1v) is 8.57. The Morgan fingerprint density at radius 3 is 2.75 bits per heavy atom. The second-order valence-electron chi connectivity index (χ2n) is 6.10. The molecule has 7 heteroatoms. The molecular weight excluding hydrogens is 354 g/mol. The third kappa shape index (κ3) is 3.66. The smallest absolute Gasteiger partial charge is 0.277 e. The molecule has 0 atom stereocenters. The summed E-state index contributed by atoms with van der Waals surface area (Å²) in [5.41, 5.74) is 2.84. The maximum atomic E-state index is 12.4. The summed E-state index contributed by atoms with van der Waals surface area (Å²) in [6.07, 6.45) is 3.32. The van der Waals surface area contributed by atoms with Crippen molar-refractivity contribution < 1.29 is 9.32 Å². The van der Waals surface area contributed by atoms with Gasteiger partial charge in [-0.25, -0.2) is 0 Å². The van der Waals surface area contributed by atoms with Crippen molar-refractivity contribution in [2.75, 3.05) is 5.32 Å². The quantitative estimate of drug-likeness (QED) is 0.578. The number of hydrogen-bond acceptors (Lipinski definition) is 5. The molecule has 0 fully saturated rings. The monoisotopic (exact) mass is 369 g/mol. The molecule has 0 aliphatic rings. The summed E-state index contributed by atoms with van der Waals surface area (Å²) in [5.74, 6) is -0.0502. The van der Waals surface area contributed by atoms with Gasteiger partial charge in [0.05, 0.1) is 30.1 Å². The number of aromatic nitrogens is 3. The van der Waals surface area contributed by atoms with Crippen LogP contribution in [-0.4, -0.2) is 20.8 Å². The van der Waals surface area contributed by atoms with Gasteiger partial charge in [0.15, 0.2) is 11.5 Å². The number of nitrogens with one attached hydrogen (secondary N) is 1. The van der Waals surface area contributed by atoms with E-state index in [9.17, 15) is 10.1 Å². The fraction of sp³-hybridized carbons (Fsp3) is 0.0476. The van der Waals surface area contributed by atoms with Crippen molar-refractivity contribution >= 4 is 11.6 Å². The van der Waals surface area contributed by atoms with E-state index >= 15 is 0 Å². The van der Waals surface area contributed by atoms with Crippen LogP contribution >= 0.6 is 0 Å². The van der Waals surface area contributed by atoms with Crippen LogP contribution in [0.5, 0.6) is 0 Å². The normalized spacial score (nSPS) is 10.4. The van der Waals surface area contributed by atoms with Crippen LogP contribution in [0.1, 0.15) is 21.6 Å². The fourth-order valence-corrected chi connectivity index (χ4v) is 2.78. The van der Waals surface area contributed by atoms with Crippen LogP contribution in [0.2, 0.25) is 0 Å². The van der Waals surface area contributed by atoms with Crippen LogP contribution in [0.25, 0.3) is 11.3 Å². The van der Waals surface area contributed by atoms with E-state index in [1.807, 2.05) is 30.3 Å². The van der Waals surface area contributed by atoms with Crippen molar-refractivity contribution in [3.8, 4) is 17.4 Å². The van der Waals surface area contributed by atoms with Crippen molar-refractivity contribution in [2.24, 2.45) is 0 Å². The van der Waals surface area contributed by atoms with Gasteiger partial charge in [0, 0.05) is 17.8 Å². The molecule has 28 heavy (non-hydrogen) atoms. The van der Waals surface area contributed by atoms with Gasteiger partial charge in [0.25, 0.3) is 5.91 Å². The summed E-state index contributed by atoms with van der Waals surface area (Å²) >= 11 is 0. The number of amides is 1. The summed E-state index contributed by atoms with van der Waals surface area (Å²) in [6.45, 7) is 0.607. The molecular formula is C21H15N5O2. The van der Waals surface area contributed by atoms with Crippen LogP contribution in [0.4, 0.5) is 5.69 Å². The molecule has 4 aromatic rings. The van der Waals surface area contributed by atoms with Crippen molar-refractivity contribution in [2.45, 2.75) is 6.54 Å². The molecule has 0 saturated heterocycles. The van der Waals surface area contributed by atoms with E-state index < -0.39 is 5.91 Å². The van der Waals surface area contributed by atoms with Gasteiger partial charge in [0.2, 0.25) is 0 Å². The van der Waals surface area contributed by atoms with E-state index in [-0.39, 0.29) is 5.69 Å². The van der Waals surface area contributed by atoms with Crippen LogP contribution < -0.4 is 5.32 Å². The summed E-state index contributed by atoms with van der Waals surface area (Å²) in [7, 11) is 0. The molecule has 7 nitrogen and oxygen atoms in total. The zero-order valence-corrected chi connectivity index (χ0v) is 14.7. The van der Waals surface area contributed by atoms with Crippen LogP contribution in [0, 0.1) is 11.3 Å². The largest absolute Gasteiger partial charge is 0.355 e. The van der Waals surface area contributed by atoms with Gasteiger partial charge in [-0.1, -0.05) is 47.6 Å². The highest BCUT2D eigenvalue weighted by atomic mass is 16.5. The lowest BCUT2D eigenvalue weighted by Crippen LogP contribution is -2.11. The van der Waals surface area contributed by atoms with E-state index in [2.05, 4.69) is 21.6 Å². The summed E-state index contributed by atoms with van der Waals surface area (Å²) < 4.78 is 6.99. The Morgan fingerprint density at radius 1 is 1.14 bits per heavy atom. The lowest BCUT2D eigenvalue weighted by molar-refractivity contribution is 0.101. The number of carbonyl (C=O) groups excluding carboxylic acids is 1. The number of nitriles is 1. The van der Waals surface area contributed by atoms with E-state index in [1.54, 1.807) is 41.3 Å². The first-order valence-electron chi connectivity index (χ1n) is 8.57. The second kappa shape index (κ2) is 7.60. The molecule has 0 aliphatic heterocycles. The van der Waals surface area contributed by atoms with E-state index in [4.69, 9.17) is 4.52 Å². The van der Waals surface area contributed by atoms with Gasteiger partial charge in [-0.05, 0) is 17.7 Å². The first kappa shape index (κ1) is 17.2. The molecule has 4 rings (SSSR count). The highest BCUT2D eigenvalue weighted by Gasteiger charge is 2.16.